The number of imidazole rings is 1. The van der Waals surface area contributed by atoms with Gasteiger partial charge in [-0.1, -0.05) is 42.5 Å². The Morgan fingerprint density at radius 1 is 1.20 bits per heavy atom. The zero-order valence-corrected chi connectivity index (χ0v) is 14.0. The van der Waals surface area contributed by atoms with Gasteiger partial charge in [0.2, 0.25) is 0 Å². The summed E-state index contributed by atoms with van der Waals surface area (Å²) in [6.07, 6.45) is 2.85. The summed E-state index contributed by atoms with van der Waals surface area (Å²) in [5.41, 5.74) is 1.59. The molecule has 5 heteroatoms. The van der Waals surface area contributed by atoms with Crippen LogP contribution in [0, 0.1) is 0 Å². The van der Waals surface area contributed by atoms with E-state index in [0.717, 1.165) is 11.4 Å². The first-order valence-corrected chi connectivity index (χ1v) is 8.12. The fourth-order valence-corrected chi connectivity index (χ4v) is 2.58. The molecule has 0 aliphatic carbocycles. The number of hydrogen-bond acceptors (Lipinski definition) is 4. The van der Waals surface area contributed by atoms with E-state index in [0.29, 0.717) is 17.9 Å². The molecule has 0 spiro atoms. The topological polar surface area (TPSA) is 64.3 Å². The third kappa shape index (κ3) is 4.33. The molecule has 0 saturated heterocycles. The second-order valence-electron chi connectivity index (χ2n) is 5.82. The van der Waals surface area contributed by atoms with E-state index >= 15 is 0 Å². The first-order chi connectivity index (χ1) is 12.1. The molecule has 128 valence electrons. The van der Waals surface area contributed by atoms with Crippen LogP contribution in [0.25, 0.3) is 11.4 Å². The van der Waals surface area contributed by atoms with Gasteiger partial charge >= 0.3 is 0 Å². The van der Waals surface area contributed by atoms with Crippen LogP contribution in [-0.4, -0.2) is 33.2 Å². The summed E-state index contributed by atoms with van der Waals surface area (Å²) in [6.45, 7) is 2.02. The SMILES string of the molecule is CC(=O)c1cccc(OCC(O)Cn2ccnc2-c2ccccc2)c1. The maximum atomic E-state index is 11.4. The normalized spacial score (nSPS) is 11.9. The molecule has 1 N–H and O–H groups in total. The molecule has 1 atom stereocenters. The first kappa shape index (κ1) is 16.9. The zero-order valence-electron chi connectivity index (χ0n) is 14.0. The van der Waals surface area contributed by atoms with E-state index in [9.17, 15) is 9.90 Å². The Balaban J connectivity index is 1.62. The smallest absolute Gasteiger partial charge is 0.159 e. The largest absolute Gasteiger partial charge is 0.491 e. The number of rotatable bonds is 7. The summed E-state index contributed by atoms with van der Waals surface area (Å²) in [5, 5.41) is 10.3. The number of ketones is 1. The molecule has 0 saturated carbocycles. The fraction of sp³-hybridized carbons (Fsp3) is 0.200. The van der Waals surface area contributed by atoms with Crippen LogP contribution in [0.1, 0.15) is 17.3 Å². The maximum Gasteiger partial charge on any atom is 0.159 e. The van der Waals surface area contributed by atoms with Crippen molar-refractivity contribution >= 4 is 5.78 Å². The molecule has 0 aliphatic heterocycles. The summed E-state index contributed by atoms with van der Waals surface area (Å²) in [5.74, 6) is 1.36. The molecule has 25 heavy (non-hydrogen) atoms. The highest BCUT2D eigenvalue weighted by Crippen LogP contribution is 2.18. The van der Waals surface area contributed by atoms with E-state index in [1.807, 2.05) is 41.1 Å². The molecular weight excluding hydrogens is 316 g/mol. The highest BCUT2D eigenvalue weighted by Gasteiger charge is 2.11. The van der Waals surface area contributed by atoms with Gasteiger partial charge in [-0.05, 0) is 19.1 Å². The van der Waals surface area contributed by atoms with E-state index in [2.05, 4.69) is 4.98 Å². The number of hydrogen-bond donors (Lipinski definition) is 1. The summed E-state index contributed by atoms with van der Waals surface area (Å²) < 4.78 is 7.52. The van der Waals surface area contributed by atoms with Gasteiger partial charge in [0.15, 0.2) is 5.78 Å². The summed E-state index contributed by atoms with van der Waals surface area (Å²) in [4.78, 5) is 15.8. The van der Waals surface area contributed by atoms with Crippen LogP contribution in [-0.2, 0) is 6.54 Å². The molecule has 2 aromatic carbocycles. The van der Waals surface area contributed by atoms with Gasteiger partial charge in [0.1, 0.15) is 24.3 Å². The predicted octanol–water partition coefficient (Wildman–Crippen LogP) is 3.19. The lowest BCUT2D eigenvalue weighted by Gasteiger charge is -2.15. The monoisotopic (exact) mass is 336 g/mol. The summed E-state index contributed by atoms with van der Waals surface area (Å²) in [7, 11) is 0. The van der Waals surface area contributed by atoms with E-state index in [-0.39, 0.29) is 12.4 Å². The predicted molar refractivity (Wildman–Crippen MR) is 95.6 cm³/mol. The van der Waals surface area contributed by atoms with E-state index in [4.69, 9.17) is 4.74 Å². The average Bonchev–Trinajstić information content (AvgIpc) is 3.09. The van der Waals surface area contributed by atoms with Gasteiger partial charge in [-0.2, -0.15) is 0 Å². The minimum Gasteiger partial charge on any atom is -0.491 e. The Labute approximate surface area is 146 Å². The van der Waals surface area contributed by atoms with Gasteiger partial charge in [-0.15, -0.1) is 0 Å². The van der Waals surface area contributed by atoms with E-state index in [1.54, 1.807) is 30.5 Å². The molecular formula is C20H20N2O3. The third-order valence-electron chi connectivity index (χ3n) is 3.84. The number of Topliss-reactive ketones (excluding diaryl/α,β-unsaturated/α-hetero) is 1. The summed E-state index contributed by atoms with van der Waals surface area (Å²) in [6, 6.07) is 16.8. The second kappa shape index (κ2) is 7.77. The Bertz CT molecular complexity index is 843. The third-order valence-corrected chi connectivity index (χ3v) is 3.84. The van der Waals surface area contributed by atoms with Crippen LogP contribution in [0.5, 0.6) is 5.75 Å². The Morgan fingerprint density at radius 2 is 2.00 bits per heavy atom. The minimum atomic E-state index is -0.697. The number of ether oxygens (including phenoxy) is 1. The van der Waals surface area contributed by atoms with Crippen LogP contribution >= 0.6 is 0 Å². The van der Waals surface area contributed by atoms with Gasteiger partial charge < -0.3 is 14.4 Å². The zero-order chi connectivity index (χ0) is 17.6. The first-order valence-electron chi connectivity index (χ1n) is 8.12. The lowest BCUT2D eigenvalue weighted by atomic mass is 10.1. The standard InChI is InChI=1S/C20H20N2O3/c1-15(23)17-8-5-9-19(12-17)25-14-18(24)13-22-11-10-21-20(22)16-6-3-2-4-7-16/h2-12,18,24H,13-14H2,1H3. The molecule has 5 nitrogen and oxygen atoms in total. The molecule has 1 heterocycles. The van der Waals surface area contributed by atoms with Gasteiger partial charge in [0.05, 0.1) is 6.54 Å². The van der Waals surface area contributed by atoms with Gasteiger partial charge in [0, 0.05) is 23.5 Å². The number of aliphatic hydroxyl groups excluding tert-OH is 1. The van der Waals surface area contributed by atoms with Crippen molar-refractivity contribution in [2.75, 3.05) is 6.61 Å². The second-order valence-corrected chi connectivity index (χ2v) is 5.82. The van der Waals surface area contributed by atoms with Crippen molar-refractivity contribution in [3.63, 3.8) is 0 Å². The Morgan fingerprint density at radius 3 is 2.76 bits per heavy atom. The van der Waals surface area contributed by atoms with Gasteiger partial charge in [-0.25, -0.2) is 4.98 Å². The van der Waals surface area contributed by atoms with Crippen molar-refractivity contribution in [3.8, 4) is 17.1 Å². The lowest BCUT2D eigenvalue weighted by molar-refractivity contribution is 0.0927. The highest BCUT2D eigenvalue weighted by atomic mass is 16.5. The van der Waals surface area contributed by atoms with Crippen LogP contribution in [0.4, 0.5) is 0 Å². The molecule has 1 aromatic heterocycles. The van der Waals surface area contributed by atoms with Crippen molar-refractivity contribution in [1.29, 1.82) is 0 Å². The number of aliphatic hydroxyl groups is 1. The molecule has 3 aromatic rings. The number of aromatic nitrogens is 2. The van der Waals surface area contributed by atoms with E-state index in [1.165, 1.54) is 6.92 Å². The summed E-state index contributed by atoms with van der Waals surface area (Å²) >= 11 is 0. The van der Waals surface area contributed by atoms with Crippen LogP contribution in [0.2, 0.25) is 0 Å². The highest BCUT2D eigenvalue weighted by molar-refractivity contribution is 5.94. The molecule has 0 radical (unpaired) electrons. The molecule has 0 bridgehead atoms. The quantitative estimate of drug-likeness (QED) is 0.673. The van der Waals surface area contributed by atoms with Crippen molar-refractivity contribution in [2.24, 2.45) is 0 Å². The number of nitrogens with zero attached hydrogens (tertiary/aromatic N) is 2. The average molecular weight is 336 g/mol. The van der Waals surface area contributed by atoms with Gasteiger partial charge in [0.25, 0.3) is 0 Å². The van der Waals surface area contributed by atoms with Crippen molar-refractivity contribution in [2.45, 2.75) is 19.6 Å². The molecule has 3 rings (SSSR count). The van der Waals surface area contributed by atoms with Crippen LogP contribution < -0.4 is 4.74 Å². The number of benzene rings is 2. The fourth-order valence-electron chi connectivity index (χ4n) is 2.58. The Hall–Kier alpha value is -2.92. The lowest BCUT2D eigenvalue weighted by Crippen LogP contribution is -2.23. The number of carbonyl (C=O) groups excluding carboxylic acids is 1. The molecule has 0 fully saturated rings. The van der Waals surface area contributed by atoms with Gasteiger partial charge in [-0.3, -0.25) is 4.79 Å². The maximum absolute atomic E-state index is 11.4. The molecule has 0 aliphatic rings. The van der Waals surface area contributed by atoms with Crippen molar-refractivity contribution in [1.82, 2.24) is 9.55 Å². The van der Waals surface area contributed by atoms with Crippen LogP contribution in [0.3, 0.4) is 0 Å². The van der Waals surface area contributed by atoms with Crippen molar-refractivity contribution in [3.05, 3.63) is 72.6 Å². The van der Waals surface area contributed by atoms with E-state index < -0.39 is 6.10 Å². The number of carbonyl (C=O) groups is 1. The molecule has 0 amide bonds. The Kier molecular flexibility index (Phi) is 5.26. The molecule has 1 unspecified atom stereocenters. The van der Waals surface area contributed by atoms with Crippen molar-refractivity contribution < 1.29 is 14.6 Å². The minimum absolute atomic E-state index is 0.0167. The van der Waals surface area contributed by atoms with Crippen LogP contribution in [0.15, 0.2) is 67.0 Å².